The molecule has 1 unspecified atom stereocenters. The van der Waals surface area contributed by atoms with Crippen LogP contribution < -0.4 is 19.9 Å². The number of nitrogens with two attached hydrogens (primary N) is 1. The molecule has 1 aliphatic heterocycles. The number of esters is 1. The van der Waals surface area contributed by atoms with Gasteiger partial charge < -0.3 is 19.9 Å². The fraction of sp³-hybridized carbons (Fsp3) is 0.0833. The van der Waals surface area contributed by atoms with Crippen molar-refractivity contribution >= 4 is 17.6 Å². The molecule has 6 nitrogen and oxygen atoms in total. The largest absolute Gasteiger partial charge is 0.497 e. The zero-order valence-electron chi connectivity index (χ0n) is 16.5. The summed E-state index contributed by atoms with van der Waals surface area (Å²) < 4.78 is 16.3. The number of carbonyl (C=O) groups excluding carboxylic acids is 1. The van der Waals surface area contributed by atoms with Gasteiger partial charge in [0.25, 0.3) is 0 Å². The minimum Gasteiger partial charge on any atom is -0.497 e. The SMILES string of the molecule is COc1cccc(C(=O)Oc2ccc3c(c2)OC(N)=C(C#N)C3c2ccccc2Cl)c1. The van der Waals surface area contributed by atoms with E-state index in [0.29, 0.717) is 27.6 Å². The second kappa shape index (κ2) is 8.42. The average Bonchev–Trinajstić information content (AvgIpc) is 2.78. The van der Waals surface area contributed by atoms with Crippen LogP contribution in [0.1, 0.15) is 27.4 Å². The first-order valence-corrected chi connectivity index (χ1v) is 9.71. The van der Waals surface area contributed by atoms with E-state index in [2.05, 4.69) is 6.07 Å². The Hall–Kier alpha value is -3.95. The average molecular weight is 433 g/mol. The summed E-state index contributed by atoms with van der Waals surface area (Å²) in [6.07, 6.45) is 0. The van der Waals surface area contributed by atoms with Crippen LogP contribution in [0.25, 0.3) is 0 Å². The normalized spacial score (nSPS) is 14.8. The van der Waals surface area contributed by atoms with Gasteiger partial charge in [0.05, 0.1) is 18.6 Å². The minimum atomic E-state index is -0.543. The summed E-state index contributed by atoms with van der Waals surface area (Å²) in [5.74, 6) is 0.156. The van der Waals surface area contributed by atoms with E-state index in [1.807, 2.05) is 18.2 Å². The molecule has 0 aromatic heterocycles. The van der Waals surface area contributed by atoms with Crippen LogP contribution in [0.15, 0.2) is 78.2 Å². The smallest absolute Gasteiger partial charge is 0.343 e. The molecular formula is C24H17ClN2O4. The molecule has 1 atom stereocenters. The first kappa shape index (κ1) is 20.3. The monoisotopic (exact) mass is 432 g/mol. The molecule has 3 aromatic carbocycles. The molecule has 7 heteroatoms. The van der Waals surface area contributed by atoms with Gasteiger partial charge in [-0.3, -0.25) is 0 Å². The maximum absolute atomic E-state index is 12.5. The number of nitrogens with zero attached hydrogens (tertiary/aromatic N) is 1. The van der Waals surface area contributed by atoms with Gasteiger partial charge in [-0.15, -0.1) is 0 Å². The highest BCUT2D eigenvalue weighted by molar-refractivity contribution is 6.31. The number of carbonyl (C=O) groups is 1. The Morgan fingerprint density at radius 1 is 1.06 bits per heavy atom. The highest BCUT2D eigenvalue weighted by Gasteiger charge is 2.32. The molecule has 0 aliphatic carbocycles. The molecule has 0 spiro atoms. The predicted octanol–water partition coefficient (Wildman–Crippen LogP) is 4.79. The van der Waals surface area contributed by atoms with Crippen LogP contribution in [-0.2, 0) is 0 Å². The lowest BCUT2D eigenvalue weighted by Crippen LogP contribution is -2.21. The van der Waals surface area contributed by atoms with Crippen molar-refractivity contribution in [1.29, 1.82) is 5.26 Å². The summed E-state index contributed by atoms with van der Waals surface area (Å²) in [6.45, 7) is 0. The number of rotatable bonds is 4. The number of fused-ring (bicyclic) bond motifs is 1. The van der Waals surface area contributed by atoms with Crippen LogP contribution in [0, 0.1) is 11.3 Å². The highest BCUT2D eigenvalue weighted by atomic mass is 35.5. The van der Waals surface area contributed by atoms with E-state index in [4.69, 9.17) is 31.5 Å². The topological polar surface area (TPSA) is 94.6 Å². The van der Waals surface area contributed by atoms with E-state index < -0.39 is 11.9 Å². The van der Waals surface area contributed by atoms with Crippen molar-refractivity contribution in [2.24, 2.45) is 5.73 Å². The van der Waals surface area contributed by atoms with E-state index >= 15 is 0 Å². The lowest BCUT2D eigenvalue weighted by Gasteiger charge is -2.27. The second-order valence-corrected chi connectivity index (χ2v) is 7.17. The van der Waals surface area contributed by atoms with Crippen molar-refractivity contribution < 1.29 is 19.0 Å². The number of hydrogen-bond acceptors (Lipinski definition) is 6. The summed E-state index contributed by atoms with van der Waals surface area (Å²) in [7, 11) is 1.52. The van der Waals surface area contributed by atoms with Crippen molar-refractivity contribution in [3.63, 3.8) is 0 Å². The molecule has 2 N–H and O–H groups in total. The van der Waals surface area contributed by atoms with Crippen LogP contribution in [-0.4, -0.2) is 13.1 Å². The van der Waals surface area contributed by atoms with Crippen LogP contribution in [0.4, 0.5) is 0 Å². The lowest BCUT2D eigenvalue weighted by molar-refractivity contribution is 0.0734. The summed E-state index contributed by atoms with van der Waals surface area (Å²) in [5, 5.41) is 10.2. The van der Waals surface area contributed by atoms with Gasteiger partial charge >= 0.3 is 5.97 Å². The zero-order valence-corrected chi connectivity index (χ0v) is 17.2. The second-order valence-electron chi connectivity index (χ2n) is 6.77. The third kappa shape index (κ3) is 3.91. The Morgan fingerprint density at radius 3 is 2.61 bits per heavy atom. The van der Waals surface area contributed by atoms with Crippen molar-refractivity contribution in [2.75, 3.05) is 7.11 Å². The number of nitriles is 1. The quantitative estimate of drug-likeness (QED) is 0.470. The number of halogens is 1. The van der Waals surface area contributed by atoms with Crippen molar-refractivity contribution in [3.05, 3.63) is 99.9 Å². The lowest BCUT2D eigenvalue weighted by atomic mass is 9.83. The maximum Gasteiger partial charge on any atom is 0.343 e. The van der Waals surface area contributed by atoms with Gasteiger partial charge in [-0.25, -0.2) is 4.79 Å². The van der Waals surface area contributed by atoms with E-state index in [0.717, 1.165) is 5.56 Å². The molecular weight excluding hydrogens is 416 g/mol. The van der Waals surface area contributed by atoms with Gasteiger partial charge in [-0.05, 0) is 35.9 Å². The van der Waals surface area contributed by atoms with Crippen molar-refractivity contribution in [2.45, 2.75) is 5.92 Å². The van der Waals surface area contributed by atoms with Crippen molar-refractivity contribution in [1.82, 2.24) is 0 Å². The Kier molecular flexibility index (Phi) is 5.52. The first-order chi connectivity index (χ1) is 15.0. The molecule has 31 heavy (non-hydrogen) atoms. The summed E-state index contributed by atoms with van der Waals surface area (Å²) in [4.78, 5) is 12.5. The fourth-order valence-electron chi connectivity index (χ4n) is 3.44. The van der Waals surface area contributed by atoms with Gasteiger partial charge in [0.15, 0.2) is 0 Å². The Labute approximate surface area is 184 Å². The van der Waals surface area contributed by atoms with Gasteiger partial charge in [0.2, 0.25) is 5.88 Å². The molecule has 0 bridgehead atoms. The molecule has 0 saturated carbocycles. The fourth-order valence-corrected chi connectivity index (χ4v) is 3.69. The number of ether oxygens (including phenoxy) is 3. The van der Waals surface area contributed by atoms with Gasteiger partial charge in [-0.1, -0.05) is 41.9 Å². The minimum absolute atomic E-state index is 0.0174. The van der Waals surface area contributed by atoms with Crippen molar-refractivity contribution in [3.8, 4) is 23.3 Å². The van der Waals surface area contributed by atoms with Crippen LogP contribution in [0.3, 0.4) is 0 Å². The van der Waals surface area contributed by atoms with Crippen LogP contribution in [0.5, 0.6) is 17.2 Å². The number of methoxy groups -OCH3 is 1. The molecule has 0 fully saturated rings. The Morgan fingerprint density at radius 2 is 1.87 bits per heavy atom. The first-order valence-electron chi connectivity index (χ1n) is 9.34. The van der Waals surface area contributed by atoms with Gasteiger partial charge in [0.1, 0.15) is 28.9 Å². The third-order valence-electron chi connectivity index (χ3n) is 4.92. The van der Waals surface area contributed by atoms with E-state index in [-0.39, 0.29) is 17.2 Å². The van der Waals surface area contributed by atoms with Gasteiger partial charge in [-0.2, -0.15) is 5.26 Å². The molecule has 3 aromatic rings. The predicted molar refractivity (Wildman–Crippen MR) is 115 cm³/mol. The molecule has 1 aliphatic rings. The van der Waals surface area contributed by atoms with E-state index in [1.54, 1.807) is 48.5 Å². The Balaban J connectivity index is 1.69. The molecule has 1 heterocycles. The summed E-state index contributed by atoms with van der Waals surface area (Å²) in [5.41, 5.74) is 8.06. The molecule has 0 radical (unpaired) electrons. The highest BCUT2D eigenvalue weighted by Crippen LogP contribution is 2.45. The number of benzene rings is 3. The number of hydrogen-bond donors (Lipinski definition) is 1. The summed E-state index contributed by atoms with van der Waals surface area (Å²) in [6, 6.07) is 21.0. The molecule has 4 rings (SSSR count). The van der Waals surface area contributed by atoms with E-state index in [9.17, 15) is 10.1 Å². The maximum atomic E-state index is 12.5. The molecule has 154 valence electrons. The Bertz CT molecular complexity index is 1250. The standard InChI is InChI=1S/C24H17ClN2O4/c1-29-15-6-4-5-14(11-15)24(28)30-16-9-10-18-21(12-16)31-23(27)19(13-26)22(18)17-7-2-3-8-20(17)25/h2-12,22H,27H2,1H3. The zero-order chi connectivity index (χ0) is 22.0. The summed E-state index contributed by atoms with van der Waals surface area (Å²) >= 11 is 6.39. The van der Waals surface area contributed by atoms with Gasteiger partial charge in [0, 0.05) is 16.7 Å². The van der Waals surface area contributed by atoms with Crippen LogP contribution >= 0.6 is 11.6 Å². The number of allylic oxidation sites excluding steroid dienone is 1. The third-order valence-corrected chi connectivity index (χ3v) is 5.27. The van der Waals surface area contributed by atoms with E-state index in [1.165, 1.54) is 7.11 Å². The van der Waals surface area contributed by atoms with Crippen LogP contribution in [0.2, 0.25) is 5.02 Å². The molecule has 0 amide bonds. The molecule has 0 saturated heterocycles.